The van der Waals surface area contributed by atoms with Crippen LogP contribution in [0.2, 0.25) is 0 Å². The number of nitrogens with one attached hydrogen (secondary N) is 2. The third kappa shape index (κ3) is 6.18. The van der Waals surface area contributed by atoms with Crippen LogP contribution in [0.5, 0.6) is 5.75 Å². The van der Waals surface area contributed by atoms with E-state index >= 15 is 0 Å². The average molecular weight is 680 g/mol. The van der Waals surface area contributed by atoms with Crippen molar-refractivity contribution in [3.63, 3.8) is 0 Å². The number of nitrogens with zero attached hydrogens (tertiary/aromatic N) is 5. The number of aromatic nitrogens is 2. The summed E-state index contributed by atoms with van der Waals surface area (Å²) in [5, 5.41) is 21.6. The Balaban J connectivity index is 1.15. The van der Waals surface area contributed by atoms with Crippen LogP contribution in [0.25, 0.3) is 10.9 Å². The molecule has 3 heterocycles. The Labute approximate surface area is 292 Å². The number of nitriles is 1. The first-order chi connectivity index (χ1) is 23.8. The lowest BCUT2D eigenvalue weighted by Gasteiger charge is -2.37. The van der Waals surface area contributed by atoms with Gasteiger partial charge in [-0.3, -0.25) is 23.9 Å². The predicted molar refractivity (Wildman–Crippen MR) is 186 cm³/mol. The number of likely N-dealkylation sites (tertiary alicyclic amines) is 1. The molecule has 12 nitrogen and oxygen atoms in total. The van der Waals surface area contributed by atoms with E-state index in [1.165, 1.54) is 9.80 Å². The molecule has 4 atom stereocenters. The zero-order valence-electron chi connectivity index (χ0n) is 29.4. The fourth-order valence-electron chi connectivity index (χ4n) is 7.63. The Morgan fingerprint density at radius 1 is 1.18 bits per heavy atom. The number of hydrogen-bond donors (Lipinski definition) is 2. The normalized spacial score (nSPS) is 22.5. The van der Waals surface area contributed by atoms with E-state index in [0.29, 0.717) is 47.3 Å². The van der Waals surface area contributed by atoms with E-state index in [1.54, 1.807) is 26.3 Å². The summed E-state index contributed by atoms with van der Waals surface area (Å²) in [4.78, 5) is 59.2. The first-order valence-electron chi connectivity index (χ1n) is 17.6. The maximum absolute atomic E-state index is 14.6. The van der Waals surface area contributed by atoms with Gasteiger partial charge in [0, 0.05) is 42.8 Å². The average Bonchev–Trinajstić information content (AvgIpc) is 4.01. The SMILES string of the molecule is COc1cc(C(=O)N[C@@H](CC2CC2)C(=O)N(C)[C@@H](CC(C)(C)C)C(=O)N2C[C@]3(C[C@H]2C#N)C(=O)Nc2ccccc23)cc2cn(C3CC3)nc12. The second kappa shape index (κ2) is 12.4. The smallest absolute Gasteiger partial charge is 0.252 e. The molecule has 262 valence electrons. The highest BCUT2D eigenvalue weighted by Gasteiger charge is 2.57. The lowest BCUT2D eigenvalue weighted by molar-refractivity contribution is -0.147. The van der Waals surface area contributed by atoms with Crippen LogP contribution in [0.4, 0.5) is 5.69 Å². The van der Waals surface area contributed by atoms with E-state index in [-0.39, 0.29) is 36.1 Å². The number of fused-ring (bicyclic) bond motifs is 3. The molecule has 1 saturated heterocycles. The summed E-state index contributed by atoms with van der Waals surface area (Å²) in [6.07, 6.45) is 6.95. The molecule has 1 spiro atoms. The molecule has 3 aromatic rings. The second-order valence-corrected chi connectivity index (χ2v) is 15.8. The largest absolute Gasteiger partial charge is 0.494 e. The molecule has 4 amide bonds. The number of carbonyl (C=O) groups excluding carboxylic acids is 4. The van der Waals surface area contributed by atoms with Crippen molar-refractivity contribution >= 4 is 40.2 Å². The van der Waals surface area contributed by atoms with E-state index < -0.39 is 29.4 Å². The first-order valence-corrected chi connectivity index (χ1v) is 17.6. The van der Waals surface area contributed by atoms with Crippen molar-refractivity contribution in [1.82, 2.24) is 24.9 Å². The molecule has 2 saturated carbocycles. The van der Waals surface area contributed by atoms with Gasteiger partial charge >= 0.3 is 0 Å². The minimum Gasteiger partial charge on any atom is -0.494 e. The fourth-order valence-corrected chi connectivity index (χ4v) is 7.63. The molecule has 2 aromatic carbocycles. The van der Waals surface area contributed by atoms with Crippen LogP contribution in [0, 0.1) is 22.7 Å². The summed E-state index contributed by atoms with van der Waals surface area (Å²) in [7, 11) is 3.15. The molecule has 2 aliphatic heterocycles. The molecular formula is C38H45N7O5. The highest BCUT2D eigenvalue weighted by Crippen LogP contribution is 2.47. The molecule has 12 heteroatoms. The fraction of sp³-hybridized carbons (Fsp3) is 0.526. The molecule has 2 N–H and O–H groups in total. The topological polar surface area (TPSA) is 150 Å². The number of amides is 4. The Hall–Kier alpha value is -4.92. The summed E-state index contributed by atoms with van der Waals surface area (Å²) in [6.45, 7) is 6.03. The quantitative estimate of drug-likeness (QED) is 0.319. The summed E-state index contributed by atoms with van der Waals surface area (Å²) < 4.78 is 7.53. The summed E-state index contributed by atoms with van der Waals surface area (Å²) in [5.74, 6) is -0.602. The van der Waals surface area contributed by atoms with Gasteiger partial charge < -0.3 is 25.2 Å². The van der Waals surface area contributed by atoms with E-state index in [4.69, 9.17) is 4.74 Å². The van der Waals surface area contributed by atoms with Crippen molar-refractivity contribution in [3.8, 4) is 11.8 Å². The highest BCUT2D eigenvalue weighted by atomic mass is 16.5. The van der Waals surface area contributed by atoms with Gasteiger partial charge in [0.05, 0.1) is 24.6 Å². The summed E-state index contributed by atoms with van der Waals surface area (Å²) >= 11 is 0. The van der Waals surface area contributed by atoms with Crippen molar-refractivity contribution in [2.24, 2.45) is 11.3 Å². The molecule has 0 bridgehead atoms. The van der Waals surface area contributed by atoms with Crippen molar-refractivity contribution in [1.29, 1.82) is 5.26 Å². The van der Waals surface area contributed by atoms with Gasteiger partial charge in [-0.25, -0.2) is 0 Å². The number of likely N-dealkylation sites (N-methyl/N-ethyl adjacent to an activating group) is 1. The first kappa shape index (κ1) is 33.6. The van der Waals surface area contributed by atoms with Gasteiger partial charge in [0.2, 0.25) is 17.7 Å². The molecular weight excluding hydrogens is 634 g/mol. The van der Waals surface area contributed by atoms with E-state index in [2.05, 4.69) is 21.8 Å². The number of benzene rings is 2. The number of para-hydroxylation sites is 1. The van der Waals surface area contributed by atoms with Crippen molar-refractivity contribution in [2.75, 3.05) is 26.0 Å². The van der Waals surface area contributed by atoms with Gasteiger partial charge in [0.25, 0.3) is 5.91 Å². The van der Waals surface area contributed by atoms with Gasteiger partial charge in [-0.1, -0.05) is 51.8 Å². The number of rotatable bonds is 10. The van der Waals surface area contributed by atoms with Crippen LogP contribution in [-0.4, -0.2) is 82.0 Å². The third-order valence-electron chi connectivity index (χ3n) is 10.7. The number of hydrogen-bond acceptors (Lipinski definition) is 7. The molecule has 4 aliphatic rings. The molecule has 7 rings (SSSR count). The monoisotopic (exact) mass is 679 g/mol. The van der Waals surface area contributed by atoms with Crippen molar-refractivity contribution < 1.29 is 23.9 Å². The van der Waals surface area contributed by atoms with Gasteiger partial charge in [0.15, 0.2) is 0 Å². The molecule has 3 fully saturated rings. The maximum atomic E-state index is 14.6. The Morgan fingerprint density at radius 3 is 2.58 bits per heavy atom. The summed E-state index contributed by atoms with van der Waals surface area (Å²) in [5.41, 5.74) is 1.10. The van der Waals surface area contributed by atoms with Gasteiger partial charge in [-0.05, 0) is 60.8 Å². The van der Waals surface area contributed by atoms with Crippen LogP contribution >= 0.6 is 0 Å². The Bertz CT molecular complexity index is 1920. The number of methoxy groups -OCH3 is 1. The molecule has 0 unspecified atom stereocenters. The predicted octanol–water partition coefficient (Wildman–Crippen LogP) is 4.56. The lowest BCUT2D eigenvalue weighted by Crippen LogP contribution is -2.56. The van der Waals surface area contributed by atoms with Crippen LogP contribution < -0.4 is 15.4 Å². The number of ether oxygens (including phenoxy) is 1. The number of carbonyl (C=O) groups is 4. The molecule has 1 aromatic heterocycles. The van der Waals surface area contributed by atoms with E-state index in [9.17, 15) is 24.4 Å². The van der Waals surface area contributed by atoms with Gasteiger partial charge in [-0.2, -0.15) is 10.4 Å². The van der Waals surface area contributed by atoms with Gasteiger partial charge in [0.1, 0.15) is 29.4 Å². The van der Waals surface area contributed by atoms with Crippen LogP contribution in [0.15, 0.2) is 42.6 Å². The highest BCUT2D eigenvalue weighted by molar-refractivity contribution is 6.07. The van der Waals surface area contributed by atoms with Gasteiger partial charge in [-0.15, -0.1) is 0 Å². The standard InChI is InChI=1S/C38H45N7O5/c1-37(2,3)18-30(35(48)44-21-38(17-26(44)19-39)27-8-6-7-9-28(27)41-36(38)49)43(4)34(47)29(14-22-10-11-22)40-33(46)23-15-24-20-45(25-12-13-25)42-32(24)31(16-23)50-5/h6-9,15-16,20,22,25-26,29-30H,10-14,17-18,21H2,1-5H3,(H,40,46)(H,41,49)/t26-,29-,30-,38-/m0/s1. The molecule has 50 heavy (non-hydrogen) atoms. The Kier molecular flexibility index (Phi) is 8.36. The van der Waals surface area contributed by atoms with Crippen molar-refractivity contribution in [3.05, 3.63) is 53.7 Å². The van der Waals surface area contributed by atoms with E-state index in [1.807, 2.05) is 55.9 Å². The second-order valence-electron chi connectivity index (χ2n) is 15.8. The minimum atomic E-state index is -1.04. The Morgan fingerprint density at radius 2 is 1.92 bits per heavy atom. The van der Waals surface area contributed by atoms with Crippen molar-refractivity contribution in [2.45, 2.75) is 95.3 Å². The lowest BCUT2D eigenvalue weighted by atomic mass is 9.80. The zero-order chi connectivity index (χ0) is 35.5. The van der Waals surface area contributed by atoms with Crippen LogP contribution in [0.3, 0.4) is 0 Å². The number of anilines is 1. The van der Waals surface area contributed by atoms with Crippen LogP contribution in [0.1, 0.15) is 87.7 Å². The summed E-state index contributed by atoms with van der Waals surface area (Å²) in [6, 6.07) is 10.8. The zero-order valence-corrected chi connectivity index (χ0v) is 29.4. The minimum absolute atomic E-state index is 0.0411. The third-order valence-corrected chi connectivity index (χ3v) is 10.7. The molecule has 0 radical (unpaired) electrons. The maximum Gasteiger partial charge on any atom is 0.252 e. The van der Waals surface area contributed by atoms with Crippen LogP contribution in [-0.2, 0) is 19.8 Å². The van der Waals surface area contributed by atoms with E-state index in [0.717, 1.165) is 36.6 Å². The molecule has 2 aliphatic carbocycles.